The summed E-state index contributed by atoms with van der Waals surface area (Å²) in [4.78, 5) is 40.7. The summed E-state index contributed by atoms with van der Waals surface area (Å²) in [6.07, 6.45) is 8.80. The molecule has 0 spiro atoms. The highest BCUT2D eigenvalue weighted by atomic mass is 32.2. The summed E-state index contributed by atoms with van der Waals surface area (Å²) in [5.74, 6) is 0.615. The fourth-order valence-corrected chi connectivity index (χ4v) is 5.84. The number of nitrogens with one attached hydrogen (secondary N) is 1. The molecule has 2 amide bonds. The molecule has 1 aliphatic heterocycles. The quantitative estimate of drug-likeness (QED) is 0.553. The summed E-state index contributed by atoms with van der Waals surface area (Å²) in [5, 5.41) is 3.16. The summed E-state index contributed by atoms with van der Waals surface area (Å²) >= 11 is 1.15. The maximum absolute atomic E-state index is 13.5. The lowest BCUT2D eigenvalue weighted by molar-refractivity contribution is -0.133. The van der Waals surface area contributed by atoms with Crippen LogP contribution in [0, 0.1) is 11.3 Å². The second-order valence-electron chi connectivity index (χ2n) is 9.52. The van der Waals surface area contributed by atoms with E-state index in [-0.39, 0.29) is 28.4 Å². The first-order valence-corrected chi connectivity index (χ1v) is 12.5. The largest absolute Gasteiger partial charge is 0.332 e. The van der Waals surface area contributed by atoms with Gasteiger partial charge in [0.2, 0.25) is 16.9 Å². The van der Waals surface area contributed by atoms with Crippen molar-refractivity contribution < 1.29 is 14.4 Å². The first kappa shape index (κ1) is 23.8. The summed E-state index contributed by atoms with van der Waals surface area (Å²) in [5.41, 5.74) is 0.397. The van der Waals surface area contributed by atoms with Gasteiger partial charge in [-0.25, -0.2) is 0 Å². The van der Waals surface area contributed by atoms with E-state index in [0.29, 0.717) is 24.6 Å². The van der Waals surface area contributed by atoms with Crippen LogP contribution < -0.4 is 5.32 Å². The minimum Gasteiger partial charge on any atom is -0.332 e. The first-order valence-electron chi connectivity index (χ1n) is 11.7. The van der Waals surface area contributed by atoms with Crippen molar-refractivity contribution in [2.45, 2.75) is 89.5 Å². The number of nitrogens with zero attached hydrogens (tertiary/aromatic N) is 1. The SMILES string of the molecule is CC(=O)N1CCC[C@H]1C(=O)Sc1ccccc1NC(=O)C1(CCC(C)C)CCCCC1. The summed E-state index contributed by atoms with van der Waals surface area (Å²) in [6.45, 7) is 6.58. The second kappa shape index (κ2) is 10.7. The van der Waals surface area contributed by atoms with Gasteiger partial charge < -0.3 is 10.2 Å². The lowest BCUT2D eigenvalue weighted by atomic mass is 9.69. The molecule has 2 aliphatic rings. The lowest BCUT2D eigenvalue weighted by Crippen LogP contribution is -2.39. The Morgan fingerprint density at radius 2 is 1.84 bits per heavy atom. The molecule has 0 radical (unpaired) electrons. The smallest absolute Gasteiger partial charge is 0.230 e. The summed E-state index contributed by atoms with van der Waals surface area (Å²) in [7, 11) is 0. The molecular formula is C25H36N2O3S. The van der Waals surface area contributed by atoms with E-state index in [9.17, 15) is 14.4 Å². The Hall–Kier alpha value is -1.82. The third-order valence-electron chi connectivity index (χ3n) is 6.77. The van der Waals surface area contributed by atoms with Crippen LogP contribution in [-0.4, -0.2) is 34.4 Å². The molecule has 170 valence electrons. The fourth-order valence-electron chi connectivity index (χ4n) is 4.86. The Bertz CT molecular complexity index is 802. The van der Waals surface area contributed by atoms with Gasteiger partial charge in [0, 0.05) is 23.8 Å². The van der Waals surface area contributed by atoms with E-state index in [1.54, 1.807) is 4.90 Å². The average Bonchev–Trinajstić information content (AvgIpc) is 3.25. The van der Waals surface area contributed by atoms with Crippen LogP contribution in [0.4, 0.5) is 5.69 Å². The van der Waals surface area contributed by atoms with Crippen LogP contribution in [-0.2, 0) is 14.4 Å². The molecule has 1 aromatic rings. The molecule has 1 aliphatic carbocycles. The number of carbonyl (C=O) groups is 3. The maximum atomic E-state index is 13.5. The van der Waals surface area contributed by atoms with Crippen LogP contribution in [0.5, 0.6) is 0 Å². The second-order valence-corrected chi connectivity index (χ2v) is 10.6. The van der Waals surface area contributed by atoms with E-state index in [2.05, 4.69) is 19.2 Å². The average molecular weight is 445 g/mol. The number of hydrogen-bond donors (Lipinski definition) is 1. The number of hydrogen-bond acceptors (Lipinski definition) is 4. The molecule has 1 saturated heterocycles. The van der Waals surface area contributed by atoms with Crippen molar-refractivity contribution in [3.05, 3.63) is 24.3 Å². The monoisotopic (exact) mass is 444 g/mol. The third kappa shape index (κ3) is 5.91. The van der Waals surface area contributed by atoms with Gasteiger partial charge in [-0.3, -0.25) is 14.4 Å². The molecule has 3 rings (SSSR count). The van der Waals surface area contributed by atoms with E-state index in [1.807, 2.05) is 24.3 Å². The van der Waals surface area contributed by atoms with Crippen molar-refractivity contribution in [1.82, 2.24) is 4.90 Å². The number of benzene rings is 1. The van der Waals surface area contributed by atoms with E-state index < -0.39 is 0 Å². The molecule has 1 atom stereocenters. The summed E-state index contributed by atoms with van der Waals surface area (Å²) < 4.78 is 0. The van der Waals surface area contributed by atoms with Gasteiger partial charge in [0.15, 0.2) is 0 Å². The van der Waals surface area contributed by atoms with Crippen molar-refractivity contribution in [2.75, 3.05) is 11.9 Å². The van der Waals surface area contributed by atoms with Crippen molar-refractivity contribution in [1.29, 1.82) is 0 Å². The van der Waals surface area contributed by atoms with Crippen LogP contribution in [0.3, 0.4) is 0 Å². The third-order valence-corrected chi connectivity index (χ3v) is 7.82. The van der Waals surface area contributed by atoms with Crippen LogP contribution in [0.25, 0.3) is 0 Å². The number of likely N-dealkylation sites (tertiary alicyclic amines) is 1. The molecule has 31 heavy (non-hydrogen) atoms. The molecule has 1 saturated carbocycles. The highest BCUT2D eigenvalue weighted by Crippen LogP contribution is 2.43. The normalized spacial score (nSPS) is 20.6. The van der Waals surface area contributed by atoms with Gasteiger partial charge in [0.25, 0.3) is 0 Å². The van der Waals surface area contributed by atoms with Gasteiger partial charge in [-0.1, -0.05) is 45.2 Å². The Balaban J connectivity index is 1.74. The summed E-state index contributed by atoms with van der Waals surface area (Å²) in [6, 6.07) is 7.17. The van der Waals surface area contributed by atoms with E-state index in [1.165, 1.54) is 13.3 Å². The molecule has 1 heterocycles. The molecule has 0 aromatic heterocycles. The minimum absolute atomic E-state index is 0.0263. The van der Waals surface area contributed by atoms with E-state index >= 15 is 0 Å². The molecule has 6 heteroatoms. The molecule has 0 unspecified atom stereocenters. The van der Waals surface area contributed by atoms with Gasteiger partial charge in [0.05, 0.1) is 5.69 Å². The van der Waals surface area contributed by atoms with Crippen molar-refractivity contribution >= 4 is 34.4 Å². The maximum Gasteiger partial charge on any atom is 0.230 e. The zero-order valence-corrected chi connectivity index (χ0v) is 19.9. The molecule has 2 fully saturated rings. The van der Waals surface area contributed by atoms with Crippen LogP contribution in [0.15, 0.2) is 29.2 Å². The van der Waals surface area contributed by atoms with Crippen molar-refractivity contribution in [3.8, 4) is 0 Å². The molecule has 5 nitrogen and oxygen atoms in total. The highest BCUT2D eigenvalue weighted by molar-refractivity contribution is 8.14. The molecular weight excluding hydrogens is 408 g/mol. The van der Waals surface area contributed by atoms with Gasteiger partial charge in [-0.2, -0.15) is 0 Å². The molecule has 1 aromatic carbocycles. The number of amides is 2. The number of carbonyl (C=O) groups excluding carboxylic acids is 3. The Labute approximate surface area is 190 Å². The Morgan fingerprint density at radius 1 is 1.13 bits per heavy atom. The van der Waals surface area contributed by atoms with Crippen LogP contribution >= 0.6 is 11.8 Å². The highest BCUT2D eigenvalue weighted by Gasteiger charge is 2.39. The zero-order chi connectivity index (χ0) is 22.4. The van der Waals surface area contributed by atoms with Crippen LogP contribution in [0.1, 0.15) is 78.6 Å². The van der Waals surface area contributed by atoms with Gasteiger partial charge in [-0.05, 0) is 68.3 Å². The Kier molecular flexibility index (Phi) is 8.20. The van der Waals surface area contributed by atoms with Gasteiger partial charge >= 0.3 is 0 Å². The number of rotatable bonds is 7. The van der Waals surface area contributed by atoms with Crippen molar-refractivity contribution in [3.63, 3.8) is 0 Å². The topological polar surface area (TPSA) is 66.5 Å². The predicted molar refractivity (Wildman–Crippen MR) is 126 cm³/mol. The number of anilines is 1. The van der Waals surface area contributed by atoms with Gasteiger partial charge in [0.1, 0.15) is 6.04 Å². The predicted octanol–water partition coefficient (Wildman–Crippen LogP) is 5.64. The molecule has 0 bridgehead atoms. The van der Waals surface area contributed by atoms with E-state index in [4.69, 9.17) is 0 Å². The zero-order valence-electron chi connectivity index (χ0n) is 19.1. The van der Waals surface area contributed by atoms with Gasteiger partial charge in [-0.15, -0.1) is 0 Å². The van der Waals surface area contributed by atoms with Crippen LogP contribution in [0.2, 0.25) is 0 Å². The Morgan fingerprint density at radius 3 is 2.52 bits per heavy atom. The molecule has 1 N–H and O–H groups in total. The van der Waals surface area contributed by atoms with Crippen molar-refractivity contribution in [2.24, 2.45) is 11.3 Å². The number of para-hydroxylation sites is 1. The standard InChI is InChI=1S/C25H36N2O3S/c1-18(2)13-16-25(14-7-4-8-15-25)24(30)26-20-10-5-6-12-22(20)31-23(29)21-11-9-17-27(21)19(3)28/h5-6,10,12,18,21H,4,7-9,11,13-17H2,1-3H3,(H,26,30)/t21-/m0/s1. The minimum atomic E-state index is -0.373. The lowest BCUT2D eigenvalue weighted by Gasteiger charge is -2.36. The number of thioether (sulfide) groups is 1. The first-order chi connectivity index (χ1) is 14.8. The van der Waals surface area contributed by atoms with E-state index in [0.717, 1.165) is 61.6 Å². The fraction of sp³-hybridized carbons (Fsp3) is 0.640.